The summed E-state index contributed by atoms with van der Waals surface area (Å²) >= 11 is 0. The van der Waals surface area contributed by atoms with Crippen molar-refractivity contribution in [2.24, 2.45) is 4.99 Å². The van der Waals surface area contributed by atoms with Gasteiger partial charge < -0.3 is 4.90 Å². The van der Waals surface area contributed by atoms with Gasteiger partial charge in [-0.2, -0.15) is 0 Å². The van der Waals surface area contributed by atoms with Crippen LogP contribution < -0.4 is 0 Å². The van der Waals surface area contributed by atoms with Crippen LogP contribution in [-0.2, 0) is 0 Å². The molecule has 0 aromatic heterocycles. The molecule has 0 bridgehead atoms. The first kappa shape index (κ1) is 16.1. The van der Waals surface area contributed by atoms with Crippen molar-refractivity contribution in [2.75, 3.05) is 40.3 Å². The maximum Gasteiger partial charge on any atom is 0.306 e. The molecular formula is C10H23ClN3+. The van der Waals surface area contributed by atoms with E-state index >= 15 is 0 Å². The number of rotatable bonds is 6. The number of hydrogen-bond donors (Lipinski definition) is 0. The summed E-state index contributed by atoms with van der Waals surface area (Å²) in [4.78, 5) is 6.41. The summed E-state index contributed by atoms with van der Waals surface area (Å²) in [7, 11) is 4.16. The van der Waals surface area contributed by atoms with Crippen molar-refractivity contribution in [2.45, 2.75) is 20.3 Å². The van der Waals surface area contributed by atoms with Gasteiger partial charge in [-0.1, -0.05) is 0 Å². The quantitative estimate of drug-likeness (QED) is 0.378. The van der Waals surface area contributed by atoms with Crippen LogP contribution in [0.1, 0.15) is 20.3 Å². The molecule has 0 aliphatic rings. The summed E-state index contributed by atoms with van der Waals surface area (Å²) < 4.78 is 2.08. The molecule has 0 spiro atoms. The van der Waals surface area contributed by atoms with Gasteiger partial charge in [-0.3, -0.25) is 0 Å². The maximum absolute atomic E-state index is 4.23. The molecule has 14 heavy (non-hydrogen) atoms. The zero-order valence-electron chi connectivity index (χ0n) is 9.79. The van der Waals surface area contributed by atoms with Crippen LogP contribution in [0.4, 0.5) is 0 Å². The summed E-state index contributed by atoms with van der Waals surface area (Å²) in [5, 5.41) is 0. The maximum atomic E-state index is 4.23. The molecular weight excluding hydrogens is 198 g/mol. The number of halogens is 1. The van der Waals surface area contributed by atoms with Crippen molar-refractivity contribution in [1.29, 1.82) is 0 Å². The Labute approximate surface area is 93.9 Å². The van der Waals surface area contributed by atoms with Crippen LogP contribution in [0.5, 0.6) is 0 Å². The standard InChI is InChI=1S/C10H22N3.ClH/c1-5-13(6-2)10-11-8-7-9-12(3)4;/h5-9H2,1-4H3;1H/q+1;. The highest BCUT2D eigenvalue weighted by molar-refractivity contribution is 5.85. The molecule has 0 aromatic carbocycles. The van der Waals surface area contributed by atoms with Crippen molar-refractivity contribution in [3.05, 3.63) is 0 Å². The Morgan fingerprint density at radius 3 is 2.21 bits per heavy atom. The number of aliphatic imine (C=N–C) groups is 1. The lowest BCUT2D eigenvalue weighted by Gasteiger charge is -2.04. The summed E-state index contributed by atoms with van der Waals surface area (Å²) in [6, 6.07) is 3.03. The van der Waals surface area contributed by atoms with Crippen LogP contribution in [0, 0.1) is 0 Å². The van der Waals surface area contributed by atoms with Gasteiger partial charge in [0.1, 0.15) is 6.54 Å². The molecule has 0 rings (SSSR count). The van der Waals surface area contributed by atoms with E-state index in [0.29, 0.717) is 0 Å². The van der Waals surface area contributed by atoms with Crippen LogP contribution >= 0.6 is 12.4 Å². The molecule has 0 aliphatic carbocycles. The second-order valence-electron chi connectivity index (χ2n) is 3.31. The molecule has 0 heterocycles. The van der Waals surface area contributed by atoms with E-state index in [1.54, 1.807) is 0 Å². The largest absolute Gasteiger partial charge is 0.309 e. The molecule has 84 valence electrons. The SMILES string of the molecule is CC[N+](=C=NCCCN(C)C)CC.Cl. The van der Waals surface area contributed by atoms with Gasteiger partial charge in [0.15, 0.2) is 0 Å². The fraction of sp³-hybridized carbons (Fsp3) is 0.900. The van der Waals surface area contributed by atoms with Crippen LogP contribution in [0.15, 0.2) is 4.99 Å². The molecule has 3 nitrogen and oxygen atoms in total. The molecule has 0 aromatic rings. The summed E-state index contributed by atoms with van der Waals surface area (Å²) in [5.41, 5.74) is 0. The topological polar surface area (TPSA) is 18.6 Å². The molecule has 4 heteroatoms. The van der Waals surface area contributed by atoms with E-state index in [0.717, 1.165) is 32.6 Å². The molecule has 0 saturated heterocycles. The molecule has 0 atom stereocenters. The predicted octanol–water partition coefficient (Wildman–Crippen LogP) is 1.59. The van der Waals surface area contributed by atoms with E-state index in [9.17, 15) is 0 Å². The second-order valence-corrected chi connectivity index (χ2v) is 3.31. The van der Waals surface area contributed by atoms with Gasteiger partial charge >= 0.3 is 6.01 Å². The minimum absolute atomic E-state index is 0. The fourth-order valence-electron chi connectivity index (χ4n) is 0.981. The van der Waals surface area contributed by atoms with Gasteiger partial charge in [-0.05, 0) is 32.9 Å². The third kappa shape index (κ3) is 9.72. The monoisotopic (exact) mass is 220 g/mol. The average molecular weight is 221 g/mol. The third-order valence-electron chi connectivity index (χ3n) is 1.85. The van der Waals surface area contributed by atoms with E-state index in [1.165, 1.54) is 0 Å². The van der Waals surface area contributed by atoms with Gasteiger partial charge in [-0.15, -0.1) is 12.4 Å². The van der Waals surface area contributed by atoms with Gasteiger partial charge in [0.05, 0.1) is 13.1 Å². The normalized spacial score (nSPS) is 9.21. The first-order valence-electron chi connectivity index (χ1n) is 5.02. The Kier molecular flexibility index (Phi) is 12.3. The van der Waals surface area contributed by atoms with Crippen LogP contribution in [-0.4, -0.2) is 55.8 Å². The van der Waals surface area contributed by atoms with Gasteiger partial charge in [0, 0.05) is 13.0 Å². The molecule has 0 aliphatic heterocycles. The van der Waals surface area contributed by atoms with E-state index in [1.807, 2.05) is 0 Å². The first-order valence-corrected chi connectivity index (χ1v) is 5.02. The first-order chi connectivity index (χ1) is 6.20. The van der Waals surface area contributed by atoms with Crippen molar-refractivity contribution in [1.82, 2.24) is 4.90 Å². The number of hydrogen-bond acceptors (Lipinski definition) is 2. The molecule has 0 N–H and O–H groups in total. The summed E-state index contributed by atoms with van der Waals surface area (Å²) in [5.74, 6) is 0. The Balaban J connectivity index is 0. The van der Waals surface area contributed by atoms with E-state index in [4.69, 9.17) is 0 Å². The smallest absolute Gasteiger partial charge is 0.306 e. The fourth-order valence-corrected chi connectivity index (χ4v) is 0.981. The highest BCUT2D eigenvalue weighted by Crippen LogP contribution is 1.82. The zero-order valence-corrected chi connectivity index (χ0v) is 10.6. The Morgan fingerprint density at radius 1 is 1.21 bits per heavy atom. The van der Waals surface area contributed by atoms with Crippen molar-refractivity contribution < 1.29 is 4.58 Å². The molecule has 0 amide bonds. The highest BCUT2D eigenvalue weighted by Gasteiger charge is 1.92. The lowest BCUT2D eigenvalue weighted by atomic mass is 10.4. The van der Waals surface area contributed by atoms with Crippen molar-refractivity contribution in [3.63, 3.8) is 0 Å². The van der Waals surface area contributed by atoms with E-state index < -0.39 is 0 Å². The van der Waals surface area contributed by atoms with Gasteiger partial charge in [0.25, 0.3) is 0 Å². The molecule has 0 saturated carbocycles. The van der Waals surface area contributed by atoms with Crippen LogP contribution in [0.3, 0.4) is 0 Å². The van der Waals surface area contributed by atoms with Crippen molar-refractivity contribution in [3.8, 4) is 0 Å². The Morgan fingerprint density at radius 2 is 1.79 bits per heavy atom. The summed E-state index contributed by atoms with van der Waals surface area (Å²) in [6.45, 7) is 8.21. The molecule has 0 radical (unpaired) electrons. The summed E-state index contributed by atoms with van der Waals surface area (Å²) in [6.07, 6.45) is 1.11. The minimum atomic E-state index is 0. The lowest BCUT2D eigenvalue weighted by molar-refractivity contribution is -0.514. The zero-order chi connectivity index (χ0) is 10.1. The lowest BCUT2D eigenvalue weighted by Crippen LogP contribution is -2.13. The Hall–Kier alpha value is -0.370. The second kappa shape index (κ2) is 10.7. The van der Waals surface area contributed by atoms with E-state index in [2.05, 4.69) is 48.4 Å². The predicted molar refractivity (Wildman–Crippen MR) is 64.1 cm³/mol. The van der Waals surface area contributed by atoms with E-state index in [-0.39, 0.29) is 12.4 Å². The minimum Gasteiger partial charge on any atom is -0.309 e. The van der Waals surface area contributed by atoms with Gasteiger partial charge in [0.2, 0.25) is 0 Å². The average Bonchev–Trinajstić information content (AvgIpc) is 2.11. The Bertz CT molecular complexity index is 178. The third-order valence-corrected chi connectivity index (χ3v) is 1.85. The van der Waals surface area contributed by atoms with Crippen LogP contribution in [0.2, 0.25) is 0 Å². The van der Waals surface area contributed by atoms with Gasteiger partial charge in [-0.25, -0.2) is 4.58 Å². The molecule has 0 fully saturated rings. The highest BCUT2D eigenvalue weighted by atomic mass is 35.5. The molecule has 0 unspecified atom stereocenters. The van der Waals surface area contributed by atoms with Crippen molar-refractivity contribution >= 4 is 18.4 Å². The van der Waals surface area contributed by atoms with Crippen LogP contribution in [0.25, 0.3) is 0 Å². The number of nitrogens with zero attached hydrogens (tertiary/aromatic N) is 3.